The van der Waals surface area contributed by atoms with E-state index in [1.165, 1.54) is 0 Å². The summed E-state index contributed by atoms with van der Waals surface area (Å²) >= 11 is 0. The van der Waals surface area contributed by atoms with Crippen LogP contribution in [-0.2, 0) is 0 Å². The molecule has 0 saturated carbocycles. The van der Waals surface area contributed by atoms with Crippen molar-refractivity contribution in [3.05, 3.63) is 33.9 Å². The highest BCUT2D eigenvalue weighted by Gasteiger charge is 2.09. The molecule has 3 nitrogen and oxygen atoms in total. The minimum atomic E-state index is 0.293. The summed E-state index contributed by atoms with van der Waals surface area (Å²) in [6, 6.07) is 0. The zero-order valence-corrected chi connectivity index (χ0v) is 9.62. The number of nitrogens with two attached hydrogens (primary N) is 1. The number of allylic oxidation sites excluding steroid dienone is 1. The predicted octanol–water partition coefficient (Wildman–Crippen LogP) is 0.204. The van der Waals surface area contributed by atoms with Crippen LogP contribution in [-0.4, -0.2) is 16.5 Å². The fourth-order valence-electron chi connectivity index (χ4n) is 1.71. The van der Waals surface area contributed by atoms with E-state index >= 15 is 0 Å². The van der Waals surface area contributed by atoms with Crippen LogP contribution >= 0.6 is 0 Å². The molecule has 0 spiro atoms. The van der Waals surface area contributed by atoms with E-state index in [1.807, 2.05) is 13.0 Å². The SMILES string of the molecule is CCC(CN)c1cnc2c(n1)=CC(C)=C=C=2. The second kappa shape index (κ2) is 4.46. The summed E-state index contributed by atoms with van der Waals surface area (Å²) in [6.07, 6.45) is 4.76. The van der Waals surface area contributed by atoms with Crippen molar-refractivity contribution in [2.75, 3.05) is 6.54 Å². The fraction of sp³-hybridized carbons (Fsp3) is 0.385. The van der Waals surface area contributed by atoms with Crippen molar-refractivity contribution < 1.29 is 0 Å². The van der Waals surface area contributed by atoms with Gasteiger partial charge < -0.3 is 5.73 Å². The minimum Gasteiger partial charge on any atom is -0.330 e. The van der Waals surface area contributed by atoms with Gasteiger partial charge in [0.25, 0.3) is 0 Å². The molecule has 0 radical (unpaired) electrons. The summed E-state index contributed by atoms with van der Waals surface area (Å²) in [5, 5.41) is 1.64. The molecule has 1 aliphatic rings. The van der Waals surface area contributed by atoms with Crippen molar-refractivity contribution in [2.45, 2.75) is 26.2 Å². The van der Waals surface area contributed by atoms with Gasteiger partial charge in [-0.3, -0.25) is 0 Å². The third-order valence-electron chi connectivity index (χ3n) is 2.74. The van der Waals surface area contributed by atoms with Crippen molar-refractivity contribution in [3.8, 4) is 0 Å². The molecule has 1 aliphatic carbocycles. The lowest BCUT2D eigenvalue weighted by atomic mass is 10.0. The Morgan fingerprint density at radius 2 is 2.25 bits per heavy atom. The largest absolute Gasteiger partial charge is 0.330 e. The lowest BCUT2D eigenvalue weighted by molar-refractivity contribution is 0.646. The Morgan fingerprint density at radius 1 is 1.44 bits per heavy atom. The van der Waals surface area contributed by atoms with Crippen LogP contribution in [0.15, 0.2) is 17.5 Å². The van der Waals surface area contributed by atoms with E-state index in [4.69, 9.17) is 5.73 Å². The number of hydrogen-bond donors (Lipinski definition) is 1. The maximum absolute atomic E-state index is 5.71. The molecule has 0 bridgehead atoms. The maximum Gasteiger partial charge on any atom is 0.139 e. The van der Waals surface area contributed by atoms with Gasteiger partial charge in [-0.15, -0.1) is 0 Å². The highest BCUT2D eigenvalue weighted by molar-refractivity contribution is 5.48. The van der Waals surface area contributed by atoms with Gasteiger partial charge in [0.1, 0.15) is 5.35 Å². The third-order valence-corrected chi connectivity index (χ3v) is 2.74. The smallest absolute Gasteiger partial charge is 0.139 e. The lowest BCUT2D eigenvalue weighted by Crippen LogP contribution is -2.33. The second-order valence-electron chi connectivity index (χ2n) is 3.95. The summed E-state index contributed by atoms with van der Waals surface area (Å²) in [7, 11) is 0. The summed E-state index contributed by atoms with van der Waals surface area (Å²) in [6.45, 7) is 4.70. The van der Waals surface area contributed by atoms with Gasteiger partial charge in [0.05, 0.1) is 17.2 Å². The molecule has 2 N–H and O–H groups in total. The molecule has 1 heterocycles. The van der Waals surface area contributed by atoms with Crippen LogP contribution in [0.3, 0.4) is 0 Å². The van der Waals surface area contributed by atoms with E-state index in [9.17, 15) is 0 Å². The molecule has 1 unspecified atom stereocenters. The Hall–Kier alpha value is -1.66. The van der Waals surface area contributed by atoms with Gasteiger partial charge in [0.2, 0.25) is 0 Å². The average Bonchev–Trinajstić information content (AvgIpc) is 2.30. The van der Waals surface area contributed by atoms with Gasteiger partial charge in [-0.25, -0.2) is 9.97 Å². The molecule has 82 valence electrons. The first-order chi connectivity index (χ1) is 7.74. The molecule has 2 rings (SSSR count). The van der Waals surface area contributed by atoms with E-state index in [-0.39, 0.29) is 0 Å². The quantitative estimate of drug-likeness (QED) is 0.730. The number of fused-ring (bicyclic) bond motifs is 1. The van der Waals surface area contributed by atoms with Crippen LogP contribution in [0, 0.1) is 0 Å². The number of hydrogen-bond acceptors (Lipinski definition) is 3. The van der Waals surface area contributed by atoms with E-state index in [1.54, 1.807) is 6.20 Å². The van der Waals surface area contributed by atoms with E-state index in [0.717, 1.165) is 28.4 Å². The van der Waals surface area contributed by atoms with Crippen molar-refractivity contribution in [1.82, 2.24) is 9.97 Å². The molecule has 0 saturated heterocycles. The summed E-state index contributed by atoms with van der Waals surface area (Å²) in [5.41, 5.74) is 13.7. The highest BCUT2D eigenvalue weighted by atomic mass is 14.8. The Balaban J connectivity index is 2.56. The molecule has 1 atom stereocenters. The normalized spacial score (nSPS) is 14.6. The summed E-state index contributed by atoms with van der Waals surface area (Å²) in [5.74, 6) is 0.293. The van der Waals surface area contributed by atoms with Gasteiger partial charge >= 0.3 is 0 Å². The molecule has 16 heavy (non-hydrogen) atoms. The van der Waals surface area contributed by atoms with Crippen LogP contribution < -0.4 is 16.4 Å². The van der Waals surface area contributed by atoms with Gasteiger partial charge in [-0.1, -0.05) is 12.7 Å². The molecular formula is C13H15N3. The van der Waals surface area contributed by atoms with Crippen LogP contribution in [0.4, 0.5) is 0 Å². The Morgan fingerprint density at radius 3 is 2.94 bits per heavy atom. The molecule has 3 heteroatoms. The fourth-order valence-corrected chi connectivity index (χ4v) is 1.71. The zero-order chi connectivity index (χ0) is 11.5. The zero-order valence-electron chi connectivity index (χ0n) is 9.62. The van der Waals surface area contributed by atoms with E-state index in [2.05, 4.69) is 28.4 Å². The first-order valence-electron chi connectivity index (χ1n) is 5.52. The lowest BCUT2D eigenvalue weighted by Gasteiger charge is -2.10. The molecule has 0 aromatic carbocycles. The highest BCUT2D eigenvalue weighted by Crippen LogP contribution is 2.12. The number of rotatable bonds is 3. The predicted molar refractivity (Wildman–Crippen MR) is 63.9 cm³/mol. The third kappa shape index (κ3) is 1.98. The molecule has 0 amide bonds. The average molecular weight is 213 g/mol. The Labute approximate surface area is 94.7 Å². The number of nitrogens with zero attached hydrogens (tertiary/aromatic N) is 2. The van der Waals surface area contributed by atoms with Crippen LogP contribution in [0.5, 0.6) is 0 Å². The second-order valence-corrected chi connectivity index (χ2v) is 3.95. The van der Waals surface area contributed by atoms with Gasteiger partial charge in [0, 0.05) is 18.0 Å². The summed E-state index contributed by atoms with van der Waals surface area (Å²) in [4.78, 5) is 8.92. The first kappa shape index (κ1) is 10.8. The van der Waals surface area contributed by atoms with E-state index in [0.29, 0.717) is 12.5 Å². The molecule has 1 aromatic heterocycles. The van der Waals surface area contributed by atoms with Crippen LogP contribution in [0.25, 0.3) is 11.8 Å². The minimum absolute atomic E-state index is 0.293. The topological polar surface area (TPSA) is 51.8 Å². The van der Waals surface area contributed by atoms with Crippen LogP contribution in [0.1, 0.15) is 31.9 Å². The Kier molecular flexibility index (Phi) is 3.02. The Bertz CT molecular complexity index is 584. The molecule has 1 aromatic rings. The first-order valence-corrected chi connectivity index (χ1v) is 5.52. The molecular weight excluding hydrogens is 198 g/mol. The van der Waals surface area contributed by atoms with Crippen molar-refractivity contribution >= 4 is 11.8 Å². The van der Waals surface area contributed by atoms with Crippen LogP contribution in [0.2, 0.25) is 0 Å². The molecule has 0 aliphatic heterocycles. The van der Waals surface area contributed by atoms with Crippen molar-refractivity contribution in [3.63, 3.8) is 0 Å². The monoisotopic (exact) mass is 213 g/mol. The maximum atomic E-state index is 5.71. The van der Waals surface area contributed by atoms with Crippen molar-refractivity contribution in [1.29, 1.82) is 0 Å². The van der Waals surface area contributed by atoms with Gasteiger partial charge in [-0.2, -0.15) is 0 Å². The van der Waals surface area contributed by atoms with Gasteiger partial charge in [-0.05, 0) is 25.2 Å². The van der Waals surface area contributed by atoms with E-state index < -0.39 is 0 Å². The van der Waals surface area contributed by atoms with Gasteiger partial charge in [0.15, 0.2) is 0 Å². The van der Waals surface area contributed by atoms with Crippen molar-refractivity contribution in [2.24, 2.45) is 5.73 Å². The summed E-state index contributed by atoms with van der Waals surface area (Å²) < 4.78 is 0. The standard InChI is InChI=1S/C13H15N3/c1-3-10(7-14)13-8-15-11-5-4-9(2)6-12(11)16-13/h6,8,10H,3,7,14H2,1-2H3. The molecule has 0 fully saturated rings. The number of aromatic nitrogens is 2.